The number of nitrogens with two attached hydrogens (primary N) is 1. The van der Waals surface area contributed by atoms with Crippen LogP contribution in [0.2, 0.25) is 5.02 Å². The third-order valence-corrected chi connectivity index (χ3v) is 3.78. The number of hydrogen-bond donors (Lipinski definition) is 2. The second-order valence-corrected chi connectivity index (χ2v) is 5.58. The van der Waals surface area contributed by atoms with Crippen molar-refractivity contribution < 1.29 is 9.53 Å². The minimum absolute atomic E-state index is 0.0494. The highest BCUT2D eigenvalue weighted by Crippen LogP contribution is 2.24. The molecule has 2 rings (SSSR count). The van der Waals surface area contributed by atoms with Crippen LogP contribution < -0.4 is 11.1 Å². The smallest absolute Gasteiger partial charge is 0.224 e. The van der Waals surface area contributed by atoms with E-state index in [-0.39, 0.29) is 5.91 Å². The van der Waals surface area contributed by atoms with Crippen molar-refractivity contribution in [3.05, 3.63) is 23.2 Å². The molecule has 0 saturated heterocycles. The van der Waals surface area contributed by atoms with E-state index in [0.717, 1.165) is 19.3 Å². The Balaban J connectivity index is 1.67. The van der Waals surface area contributed by atoms with Crippen molar-refractivity contribution in [3.8, 4) is 0 Å². The molecule has 3 N–H and O–H groups in total. The zero-order valence-electron chi connectivity index (χ0n) is 11.5. The first-order chi connectivity index (χ1) is 9.65. The second kappa shape index (κ2) is 7.50. The van der Waals surface area contributed by atoms with Gasteiger partial charge in [-0.05, 0) is 37.5 Å². The number of nitrogens with one attached hydrogen (secondary N) is 1. The fraction of sp³-hybridized carbons (Fsp3) is 0.533. The number of nitrogen functional groups attached to an aromatic ring is 1. The first-order valence-electron chi connectivity index (χ1n) is 7.11. The van der Waals surface area contributed by atoms with E-state index in [1.807, 2.05) is 0 Å². The van der Waals surface area contributed by atoms with Crippen LogP contribution in [0.25, 0.3) is 0 Å². The van der Waals surface area contributed by atoms with E-state index < -0.39 is 0 Å². The molecule has 1 saturated carbocycles. The molecule has 0 atom stereocenters. The van der Waals surface area contributed by atoms with E-state index in [0.29, 0.717) is 35.5 Å². The molecule has 0 spiro atoms. The SMILES string of the molecule is Nc1ccc(NC(=O)CCCOC2CCCC2)c(Cl)c1. The van der Waals surface area contributed by atoms with E-state index in [4.69, 9.17) is 22.1 Å². The topological polar surface area (TPSA) is 64.3 Å². The van der Waals surface area contributed by atoms with Crippen molar-refractivity contribution in [2.24, 2.45) is 0 Å². The Bertz CT molecular complexity index is 459. The Morgan fingerprint density at radius 3 is 2.85 bits per heavy atom. The van der Waals surface area contributed by atoms with Gasteiger partial charge in [-0.2, -0.15) is 0 Å². The summed E-state index contributed by atoms with van der Waals surface area (Å²) in [6, 6.07) is 5.05. The summed E-state index contributed by atoms with van der Waals surface area (Å²) >= 11 is 6.00. The molecule has 1 aliphatic carbocycles. The lowest BCUT2D eigenvalue weighted by atomic mass is 10.2. The molecule has 0 aliphatic heterocycles. The number of hydrogen-bond acceptors (Lipinski definition) is 3. The first kappa shape index (κ1) is 15.1. The van der Waals surface area contributed by atoms with Gasteiger partial charge in [-0.15, -0.1) is 0 Å². The van der Waals surface area contributed by atoms with Crippen LogP contribution in [0, 0.1) is 0 Å². The van der Waals surface area contributed by atoms with Crippen LogP contribution in [0.1, 0.15) is 38.5 Å². The molecule has 0 aromatic heterocycles. The number of rotatable bonds is 6. The number of carbonyl (C=O) groups excluding carboxylic acids is 1. The van der Waals surface area contributed by atoms with Gasteiger partial charge in [-0.1, -0.05) is 24.4 Å². The number of amides is 1. The van der Waals surface area contributed by atoms with Crippen molar-refractivity contribution in [2.45, 2.75) is 44.6 Å². The predicted octanol–water partition coefficient (Wildman–Crippen LogP) is 3.60. The van der Waals surface area contributed by atoms with Gasteiger partial charge in [0, 0.05) is 18.7 Å². The maximum Gasteiger partial charge on any atom is 0.224 e. The largest absolute Gasteiger partial charge is 0.399 e. The van der Waals surface area contributed by atoms with Gasteiger partial charge < -0.3 is 15.8 Å². The molecule has 4 nitrogen and oxygen atoms in total. The normalized spacial score (nSPS) is 15.4. The van der Waals surface area contributed by atoms with E-state index in [1.165, 1.54) is 12.8 Å². The number of carbonyl (C=O) groups is 1. The number of benzene rings is 1. The average Bonchev–Trinajstić information content (AvgIpc) is 2.91. The lowest BCUT2D eigenvalue weighted by Crippen LogP contribution is -2.14. The van der Waals surface area contributed by atoms with E-state index in [2.05, 4.69) is 5.32 Å². The molecule has 0 radical (unpaired) electrons. The predicted molar refractivity (Wildman–Crippen MR) is 81.9 cm³/mol. The van der Waals surface area contributed by atoms with Crippen LogP contribution in [0.3, 0.4) is 0 Å². The quantitative estimate of drug-likeness (QED) is 0.623. The minimum atomic E-state index is -0.0494. The lowest BCUT2D eigenvalue weighted by Gasteiger charge is -2.11. The van der Waals surface area contributed by atoms with Crippen molar-refractivity contribution >= 4 is 28.9 Å². The van der Waals surface area contributed by atoms with E-state index >= 15 is 0 Å². The van der Waals surface area contributed by atoms with Crippen molar-refractivity contribution in [2.75, 3.05) is 17.7 Å². The molecule has 1 aliphatic rings. The molecule has 0 unspecified atom stereocenters. The summed E-state index contributed by atoms with van der Waals surface area (Å²) in [4.78, 5) is 11.8. The molecule has 1 fully saturated rings. The molecule has 1 aromatic carbocycles. The van der Waals surface area contributed by atoms with Crippen LogP contribution in [0.5, 0.6) is 0 Å². The molecule has 1 amide bonds. The summed E-state index contributed by atoms with van der Waals surface area (Å²) in [6.07, 6.45) is 6.43. The second-order valence-electron chi connectivity index (χ2n) is 5.17. The van der Waals surface area contributed by atoms with Crippen molar-refractivity contribution in [1.29, 1.82) is 0 Å². The van der Waals surface area contributed by atoms with Crippen LogP contribution in [0.15, 0.2) is 18.2 Å². The third-order valence-electron chi connectivity index (χ3n) is 3.47. The maximum absolute atomic E-state index is 11.8. The number of anilines is 2. The van der Waals surface area contributed by atoms with Crippen molar-refractivity contribution in [3.63, 3.8) is 0 Å². The molecular weight excluding hydrogens is 276 g/mol. The van der Waals surface area contributed by atoms with Gasteiger partial charge in [-0.25, -0.2) is 0 Å². The Morgan fingerprint density at radius 1 is 1.40 bits per heavy atom. The molecule has 1 aromatic rings. The van der Waals surface area contributed by atoms with Gasteiger partial charge in [0.05, 0.1) is 16.8 Å². The van der Waals surface area contributed by atoms with Gasteiger partial charge in [0.25, 0.3) is 0 Å². The summed E-state index contributed by atoms with van der Waals surface area (Å²) in [7, 11) is 0. The lowest BCUT2D eigenvalue weighted by molar-refractivity contribution is -0.116. The van der Waals surface area contributed by atoms with Crippen LogP contribution in [0.4, 0.5) is 11.4 Å². The number of ether oxygens (including phenoxy) is 1. The summed E-state index contributed by atoms with van der Waals surface area (Å²) < 4.78 is 5.72. The Morgan fingerprint density at radius 2 is 2.15 bits per heavy atom. The summed E-state index contributed by atoms with van der Waals surface area (Å²) in [5, 5.41) is 3.24. The fourth-order valence-electron chi connectivity index (χ4n) is 2.38. The summed E-state index contributed by atoms with van der Waals surface area (Å²) in [5.74, 6) is -0.0494. The van der Waals surface area contributed by atoms with Gasteiger partial charge in [0.2, 0.25) is 5.91 Å². The van der Waals surface area contributed by atoms with Gasteiger partial charge in [0.15, 0.2) is 0 Å². The minimum Gasteiger partial charge on any atom is -0.399 e. The molecule has 5 heteroatoms. The zero-order valence-corrected chi connectivity index (χ0v) is 12.3. The van der Waals surface area contributed by atoms with Crippen LogP contribution in [-0.2, 0) is 9.53 Å². The molecule has 0 bridgehead atoms. The van der Waals surface area contributed by atoms with Gasteiger partial charge in [0.1, 0.15) is 0 Å². The Labute approximate surface area is 124 Å². The Hall–Kier alpha value is -1.26. The highest BCUT2D eigenvalue weighted by Gasteiger charge is 2.15. The third kappa shape index (κ3) is 4.69. The van der Waals surface area contributed by atoms with Gasteiger partial charge >= 0.3 is 0 Å². The summed E-state index contributed by atoms with van der Waals surface area (Å²) in [5.41, 5.74) is 6.78. The molecule has 20 heavy (non-hydrogen) atoms. The monoisotopic (exact) mass is 296 g/mol. The average molecular weight is 297 g/mol. The number of halogens is 1. The van der Waals surface area contributed by atoms with E-state index in [9.17, 15) is 4.79 Å². The highest BCUT2D eigenvalue weighted by atomic mass is 35.5. The fourth-order valence-corrected chi connectivity index (χ4v) is 2.62. The maximum atomic E-state index is 11.8. The first-order valence-corrected chi connectivity index (χ1v) is 7.49. The van der Waals surface area contributed by atoms with Gasteiger partial charge in [-0.3, -0.25) is 4.79 Å². The standard InChI is InChI=1S/C15H21ClN2O2/c16-13-10-11(17)7-8-14(13)18-15(19)6-3-9-20-12-4-1-2-5-12/h7-8,10,12H,1-6,9,17H2,(H,18,19). The molecular formula is C15H21ClN2O2. The van der Waals surface area contributed by atoms with Crippen molar-refractivity contribution in [1.82, 2.24) is 0 Å². The van der Waals surface area contributed by atoms with Crippen LogP contribution >= 0.6 is 11.6 Å². The highest BCUT2D eigenvalue weighted by molar-refractivity contribution is 6.34. The Kier molecular flexibility index (Phi) is 5.68. The molecule has 110 valence electrons. The molecule has 0 heterocycles. The van der Waals surface area contributed by atoms with Crippen LogP contribution in [-0.4, -0.2) is 18.6 Å². The summed E-state index contributed by atoms with van der Waals surface area (Å²) in [6.45, 7) is 0.646. The van der Waals surface area contributed by atoms with E-state index in [1.54, 1.807) is 18.2 Å². The zero-order chi connectivity index (χ0) is 14.4.